The van der Waals surface area contributed by atoms with E-state index in [0.29, 0.717) is 17.9 Å². The van der Waals surface area contributed by atoms with Gasteiger partial charge in [0.15, 0.2) is 17.0 Å². The van der Waals surface area contributed by atoms with Crippen molar-refractivity contribution in [2.75, 3.05) is 17.7 Å². The van der Waals surface area contributed by atoms with Crippen LogP contribution in [0.25, 0.3) is 11.2 Å². The second kappa shape index (κ2) is 7.71. The lowest BCUT2D eigenvalue weighted by Gasteiger charge is -2.15. The Labute approximate surface area is 163 Å². The van der Waals surface area contributed by atoms with Crippen LogP contribution in [0.5, 0.6) is 0 Å². The number of aromatic nitrogens is 4. The summed E-state index contributed by atoms with van der Waals surface area (Å²) in [4.78, 5) is 13.7. The molecule has 0 radical (unpaired) electrons. The molecule has 0 bridgehead atoms. The van der Waals surface area contributed by atoms with Crippen LogP contribution in [0.2, 0.25) is 0 Å². The molecule has 28 heavy (non-hydrogen) atoms. The first kappa shape index (κ1) is 18.6. The third-order valence-corrected chi connectivity index (χ3v) is 4.95. The number of nitrogen functional groups attached to an aromatic ring is 1. The van der Waals surface area contributed by atoms with Crippen LogP contribution in [0.3, 0.4) is 0 Å². The summed E-state index contributed by atoms with van der Waals surface area (Å²) in [6.07, 6.45) is 3.07. The Bertz CT molecular complexity index is 963. The fourth-order valence-corrected chi connectivity index (χ4v) is 3.64. The Balaban J connectivity index is 1.68. The topological polar surface area (TPSA) is 90.9 Å². The van der Waals surface area contributed by atoms with Crippen molar-refractivity contribution >= 4 is 22.9 Å². The molecule has 0 amide bonds. The highest BCUT2D eigenvalue weighted by molar-refractivity contribution is 5.84. The SMILES string of the molecule is CC(C)n1c(C[C@H]2CCCO2)nc2c(NCc3ccc(F)cc3)nc(N)nc21. The van der Waals surface area contributed by atoms with E-state index < -0.39 is 0 Å². The standard InChI is InChI=1S/C20H25FN6O/c1-12(2)27-16(10-15-4-3-9-28-15)24-17-18(25-20(22)26-19(17)27)23-11-13-5-7-14(21)8-6-13/h5-8,12,15H,3-4,9-11H2,1-2H3,(H3,22,23,25,26)/t15-/m1/s1. The highest BCUT2D eigenvalue weighted by Crippen LogP contribution is 2.28. The minimum Gasteiger partial charge on any atom is -0.378 e. The zero-order chi connectivity index (χ0) is 19.7. The van der Waals surface area contributed by atoms with Gasteiger partial charge in [0.05, 0.1) is 6.10 Å². The molecule has 148 valence electrons. The van der Waals surface area contributed by atoms with Crippen molar-refractivity contribution in [2.24, 2.45) is 0 Å². The number of benzene rings is 1. The van der Waals surface area contributed by atoms with Crippen molar-refractivity contribution in [1.29, 1.82) is 0 Å². The van der Waals surface area contributed by atoms with E-state index in [-0.39, 0.29) is 23.9 Å². The fraction of sp³-hybridized carbons (Fsp3) is 0.450. The monoisotopic (exact) mass is 384 g/mol. The van der Waals surface area contributed by atoms with Gasteiger partial charge in [-0.1, -0.05) is 12.1 Å². The second-order valence-corrected chi connectivity index (χ2v) is 7.41. The molecule has 8 heteroatoms. The molecule has 1 aliphatic rings. The van der Waals surface area contributed by atoms with E-state index in [4.69, 9.17) is 15.5 Å². The normalized spacial score (nSPS) is 16.9. The molecule has 3 N–H and O–H groups in total. The quantitative estimate of drug-likeness (QED) is 0.676. The summed E-state index contributed by atoms with van der Waals surface area (Å²) >= 11 is 0. The lowest BCUT2D eigenvalue weighted by Crippen LogP contribution is -2.15. The average Bonchev–Trinajstić information content (AvgIpc) is 3.28. The molecule has 0 spiro atoms. The Morgan fingerprint density at radius 1 is 1.25 bits per heavy atom. The van der Waals surface area contributed by atoms with Crippen molar-refractivity contribution in [3.05, 3.63) is 41.5 Å². The molecular weight excluding hydrogens is 359 g/mol. The van der Waals surface area contributed by atoms with Crippen LogP contribution in [-0.2, 0) is 17.7 Å². The summed E-state index contributed by atoms with van der Waals surface area (Å²) in [7, 11) is 0. The summed E-state index contributed by atoms with van der Waals surface area (Å²) in [5.74, 6) is 1.45. The minimum atomic E-state index is -0.258. The Morgan fingerprint density at radius 2 is 2.04 bits per heavy atom. The van der Waals surface area contributed by atoms with Gasteiger partial charge in [0.2, 0.25) is 5.95 Å². The number of imidazole rings is 1. The Kier molecular flexibility index (Phi) is 5.13. The molecule has 1 aliphatic heterocycles. The maximum Gasteiger partial charge on any atom is 0.224 e. The number of anilines is 2. The molecular formula is C20H25FN6O. The number of ether oxygens (including phenoxy) is 1. The Hall–Kier alpha value is -2.74. The van der Waals surface area contributed by atoms with Crippen LogP contribution in [0.15, 0.2) is 24.3 Å². The van der Waals surface area contributed by atoms with Crippen molar-refractivity contribution < 1.29 is 9.13 Å². The lowest BCUT2D eigenvalue weighted by molar-refractivity contribution is 0.109. The second-order valence-electron chi connectivity index (χ2n) is 7.41. The molecule has 1 atom stereocenters. The van der Waals surface area contributed by atoms with Crippen LogP contribution in [0.1, 0.15) is 44.1 Å². The summed E-state index contributed by atoms with van der Waals surface area (Å²) in [5, 5.41) is 3.28. The maximum atomic E-state index is 13.1. The van der Waals surface area contributed by atoms with Gasteiger partial charge in [0.25, 0.3) is 0 Å². The van der Waals surface area contributed by atoms with Gasteiger partial charge in [0, 0.05) is 25.6 Å². The maximum absolute atomic E-state index is 13.1. The number of fused-ring (bicyclic) bond motifs is 1. The van der Waals surface area contributed by atoms with Crippen LogP contribution >= 0.6 is 0 Å². The molecule has 3 heterocycles. The van der Waals surface area contributed by atoms with E-state index in [2.05, 4.69) is 33.7 Å². The van der Waals surface area contributed by atoms with Gasteiger partial charge in [-0.3, -0.25) is 0 Å². The summed E-state index contributed by atoms with van der Waals surface area (Å²) < 4.78 is 21.0. The molecule has 4 rings (SSSR count). The van der Waals surface area contributed by atoms with Gasteiger partial charge in [-0.05, 0) is 44.4 Å². The minimum absolute atomic E-state index is 0.181. The third kappa shape index (κ3) is 3.77. The van der Waals surface area contributed by atoms with Gasteiger partial charge in [-0.2, -0.15) is 9.97 Å². The third-order valence-electron chi connectivity index (χ3n) is 4.95. The molecule has 1 fully saturated rings. The highest BCUT2D eigenvalue weighted by atomic mass is 19.1. The summed E-state index contributed by atoms with van der Waals surface area (Å²) in [6, 6.07) is 6.53. The van der Waals surface area contributed by atoms with Crippen molar-refractivity contribution in [3.63, 3.8) is 0 Å². The van der Waals surface area contributed by atoms with Gasteiger partial charge < -0.3 is 20.4 Å². The van der Waals surface area contributed by atoms with Crippen molar-refractivity contribution in [1.82, 2.24) is 19.5 Å². The zero-order valence-electron chi connectivity index (χ0n) is 16.2. The van der Waals surface area contributed by atoms with Gasteiger partial charge in [-0.25, -0.2) is 9.37 Å². The number of hydrogen-bond acceptors (Lipinski definition) is 6. The molecule has 2 aromatic heterocycles. The predicted octanol–water partition coefficient (Wildman–Crippen LogP) is 3.46. The number of nitrogens with zero attached hydrogens (tertiary/aromatic N) is 4. The van der Waals surface area contributed by atoms with Gasteiger partial charge in [0.1, 0.15) is 11.6 Å². The first-order chi connectivity index (χ1) is 13.5. The predicted molar refractivity (Wildman–Crippen MR) is 107 cm³/mol. The molecule has 1 saturated heterocycles. The van der Waals surface area contributed by atoms with Gasteiger partial charge >= 0.3 is 0 Å². The van der Waals surface area contributed by atoms with Crippen LogP contribution < -0.4 is 11.1 Å². The zero-order valence-corrected chi connectivity index (χ0v) is 16.2. The van der Waals surface area contributed by atoms with E-state index in [1.165, 1.54) is 12.1 Å². The molecule has 0 aliphatic carbocycles. The fourth-order valence-electron chi connectivity index (χ4n) is 3.64. The van der Waals surface area contributed by atoms with E-state index in [0.717, 1.165) is 42.9 Å². The summed E-state index contributed by atoms with van der Waals surface area (Å²) in [5.41, 5.74) is 8.33. The number of nitrogens with one attached hydrogen (secondary N) is 1. The van der Waals surface area contributed by atoms with Crippen molar-refractivity contribution in [2.45, 2.75) is 51.8 Å². The van der Waals surface area contributed by atoms with E-state index in [9.17, 15) is 4.39 Å². The molecule has 3 aromatic rings. The molecule has 1 aromatic carbocycles. The van der Waals surface area contributed by atoms with Crippen LogP contribution in [0.4, 0.5) is 16.2 Å². The van der Waals surface area contributed by atoms with Crippen molar-refractivity contribution in [3.8, 4) is 0 Å². The number of rotatable bonds is 6. The molecule has 7 nitrogen and oxygen atoms in total. The molecule has 0 unspecified atom stereocenters. The first-order valence-corrected chi connectivity index (χ1v) is 9.65. The van der Waals surface area contributed by atoms with Crippen LogP contribution in [0, 0.1) is 5.82 Å². The van der Waals surface area contributed by atoms with Crippen LogP contribution in [-0.4, -0.2) is 32.2 Å². The van der Waals surface area contributed by atoms with Gasteiger partial charge in [-0.15, -0.1) is 0 Å². The lowest BCUT2D eigenvalue weighted by atomic mass is 10.1. The largest absolute Gasteiger partial charge is 0.378 e. The van der Waals surface area contributed by atoms with E-state index in [1.807, 2.05) is 0 Å². The number of nitrogens with two attached hydrogens (primary N) is 1. The summed E-state index contributed by atoms with van der Waals surface area (Å²) in [6.45, 7) is 5.50. The van der Waals surface area contributed by atoms with E-state index >= 15 is 0 Å². The Morgan fingerprint density at radius 3 is 2.71 bits per heavy atom. The number of halogens is 1. The first-order valence-electron chi connectivity index (χ1n) is 9.65. The average molecular weight is 384 g/mol. The number of hydrogen-bond donors (Lipinski definition) is 2. The molecule has 0 saturated carbocycles. The smallest absolute Gasteiger partial charge is 0.224 e. The highest BCUT2D eigenvalue weighted by Gasteiger charge is 2.23. The van der Waals surface area contributed by atoms with E-state index in [1.54, 1.807) is 12.1 Å².